The lowest BCUT2D eigenvalue weighted by molar-refractivity contribution is -0.384. The van der Waals surface area contributed by atoms with E-state index in [1.54, 1.807) is 7.05 Å². The largest absolute Gasteiger partial charge is 0.456 e. The van der Waals surface area contributed by atoms with Crippen LogP contribution in [0.4, 0.5) is 5.69 Å². The molecule has 1 aliphatic heterocycles. The second kappa shape index (κ2) is 8.07. The summed E-state index contributed by atoms with van der Waals surface area (Å²) in [6.07, 6.45) is -0.842. The Morgan fingerprint density at radius 1 is 1.18 bits per heavy atom. The predicted molar refractivity (Wildman–Crippen MR) is 103 cm³/mol. The molecule has 0 saturated carbocycles. The average molecular weight is 404 g/mol. The summed E-state index contributed by atoms with van der Waals surface area (Å²) in [7, 11) is -1.57. The first-order chi connectivity index (χ1) is 13.2. The average Bonchev–Trinajstić information content (AvgIpc) is 2.97. The molecule has 3 rings (SSSR count). The van der Waals surface area contributed by atoms with E-state index in [1.807, 2.05) is 35.2 Å². The first-order valence-corrected chi connectivity index (χ1v) is 10.5. The lowest BCUT2D eigenvalue weighted by atomic mass is 10.1. The highest BCUT2D eigenvalue weighted by Crippen LogP contribution is 2.24. The van der Waals surface area contributed by atoms with Gasteiger partial charge in [0, 0.05) is 18.7 Å². The molecule has 2 aromatic carbocycles. The molecule has 9 heteroatoms. The van der Waals surface area contributed by atoms with E-state index in [2.05, 4.69) is 0 Å². The highest BCUT2D eigenvalue weighted by molar-refractivity contribution is 7.91. The lowest BCUT2D eigenvalue weighted by Gasteiger charge is -2.28. The molecule has 0 bridgehead atoms. The quantitative estimate of drug-likeness (QED) is 0.412. The number of carbonyl (C=O) groups excluding carboxylic acids is 1. The Morgan fingerprint density at radius 2 is 1.89 bits per heavy atom. The van der Waals surface area contributed by atoms with Crippen LogP contribution in [0.2, 0.25) is 0 Å². The fourth-order valence-corrected chi connectivity index (χ4v) is 5.18. The number of sulfone groups is 1. The van der Waals surface area contributed by atoms with Crippen LogP contribution in [-0.4, -0.2) is 54.9 Å². The van der Waals surface area contributed by atoms with Crippen LogP contribution >= 0.6 is 0 Å². The normalized spacial score (nSPS) is 20.8. The Balaban J connectivity index is 1.76. The first-order valence-electron chi connectivity index (χ1n) is 8.65. The Hall–Kier alpha value is -2.78. The van der Waals surface area contributed by atoms with Crippen LogP contribution in [0, 0.1) is 10.1 Å². The van der Waals surface area contributed by atoms with Crippen LogP contribution in [0.1, 0.15) is 15.9 Å². The van der Waals surface area contributed by atoms with Gasteiger partial charge in [-0.1, -0.05) is 36.4 Å². The summed E-state index contributed by atoms with van der Waals surface area (Å²) in [5, 5.41) is 10.9. The molecule has 8 nitrogen and oxygen atoms in total. The molecule has 2 unspecified atom stereocenters. The molecule has 2 aromatic rings. The molecule has 28 heavy (non-hydrogen) atoms. The summed E-state index contributed by atoms with van der Waals surface area (Å²) in [4.78, 5) is 24.6. The summed E-state index contributed by atoms with van der Waals surface area (Å²) in [6, 6.07) is 14.2. The minimum absolute atomic E-state index is 0.0166. The molecule has 1 fully saturated rings. The molecule has 0 spiro atoms. The zero-order chi connectivity index (χ0) is 20.3. The van der Waals surface area contributed by atoms with Crippen molar-refractivity contribution in [1.29, 1.82) is 0 Å². The Bertz CT molecular complexity index is 977. The third-order valence-electron chi connectivity index (χ3n) is 4.66. The van der Waals surface area contributed by atoms with Gasteiger partial charge in [0.1, 0.15) is 6.10 Å². The van der Waals surface area contributed by atoms with E-state index < -0.39 is 32.9 Å². The van der Waals surface area contributed by atoms with E-state index >= 15 is 0 Å². The Kier molecular flexibility index (Phi) is 5.76. The van der Waals surface area contributed by atoms with E-state index in [-0.39, 0.29) is 22.8 Å². The van der Waals surface area contributed by atoms with Crippen molar-refractivity contribution < 1.29 is 22.9 Å². The molecule has 1 aliphatic rings. The Labute approximate surface area is 162 Å². The summed E-state index contributed by atoms with van der Waals surface area (Å²) in [5.41, 5.74) is 0.798. The second-order valence-corrected chi connectivity index (χ2v) is 8.95. The lowest BCUT2D eigenvalue weighted by Crippen LogP contribution is -2.42. The molecule has 0 aliphatic carbocycles. The number of benzene rings is 2. The van der Waals surface area contributed by atoms with Crippen LogP contribution in [0.25, 0.3) is 0 Å². The van der Waals surface area contributed by atoms with Gasteiger partial charge in [-0.2, -0.15) is 0 Å². The fraction of sp³-hybridized carbons (Fsp3) is 0.316. The second-order valence-electron chi connectivity index (χ2n) is 6.80. The van der Waals surface area contributed by atoms with Crippen molar-refractivity contribution in [3.8, 4) is 0 Å². The molecule has 0 N–H and O–H groups in total. The van der Waals surface area contributed by atoms with E-state index in [0.29, 0.717) is 6.54 Å². The monoisotopic (exact) mass is 404 g/mol. The summed E-state index contributed by atoms with van der Waals surface area (Å²) >= 11 is 0. The van der Waals surface area contributed by atoms with Crippen molar-refractivity contribution in [2.75, 3.05) is 18.6 Å². The minimum atomic E-state index is -3.36. The number of esters is 1. The Morgan fingerprint density at radius 3 is 2.57 bits per heavy atom. The van der Waals surface area contributed by atoms with Crippen molar-refractivity contribution >= 4 is 21.5 Å². The van der Waals surface area contributed by atoms with Crippen molar-refractivity contribution in [2.24, 2.45) is 0 Å². The molecule has 1 saturated heterocycles. The number of rotatable bonds is 6. The van der Waals surface area contributed by atoms with Crippen LogP contribution in [0.5, 0.6) is 0 Å². The van der Waals surface area contributed by atoms with Gasteiger partial charge in [0.05, 0.1) is 28.0 Å². The maximum absolute atomic E-state index is 12.5. The van der Waals surface area contributed by atoms with E-state index in [0.717, 1.165) is 11.6 Å². The highest BCUT2D eigenvalue weighted by atomic mass is 32.2. The number of ether oxygens (including phenoxy) is 1. The first kappa shape index (κ1) is 20.0. The number of carbonyl (C=O) groups is 1. The predicted octanol–water partition coefficient (Wildman–Crippen LogP) is 2.05. The van der Waals surface area contributed by atoms with Crippen molar-refractivity contribution in [2.45, 2.75) is 18.7 Å². The van der Waals surface area contributed by atoms with Gasteiger partial charge < -0.3 is 4.74 Å². The van der Waals surface area contributed by atoms with Gasteiger partial charge in [-0.3, -0.25) is 15.0 Å². The number of non-ortho nitro benzene ring substituents is 1. The van der Waals surface area contributed by atoms with Crippen molar-refractivity contribution in [3.05, 3.63) is 75.8 Å². The summed E-state index contributed by atoms with van der Waals surface area (Å²) < 4.78 is 29.8. The van der Waals surface area contributed by atoms with E-state index in [9.17, 15) is 23.3 Å². The SMILES string of the molecule is CN(Cc1ccccc1)C1CS(=O)(=O)CC1OC(=O)c1cccc([N+](=O)[O-])c1. The van der Waals surface area contributed by atoms with Gasteiger partial charge in [0.15, 0.2) is 9.84 Å². The molecular weight excluding hydrogens is 384 g/mol. The highest BCUT2D eigenvalue weighted by Gasteiger charge is 2.42. The number of hydrogen-bond acceptors (Lipinski definition) is 7. The molecule has 0 aromatic heterocycles. The minimum Gasteiger partial charge on any atom is -0.456 e. The zero-order valence-electron chi connectivity index (χ0n) is 15.2. The molecule has 2 atom stereocenters. The maximum atomic E-state index is 12.5. The topological polar surface area (TPSA) is 107 Å². The summed E-state index contributed by atoms with van der Waals surface area (Å²) in [5.74, 6) is -1.15. The van der Waals surface area contributed by atoms with Gasteiger partial charge in [-0.05, 0) is 18.7 Å². The standard InChI is InChI=1S/C19H20N2O6S/c1-20(11-14-6-3-2-4-7-14)17-12-28(25,26)13-18(17)27-19(22)15-8-5-9-16(10-15)21(23)24/h2-10,17-18H,11-13H2,1H3. The van der Waals surface area contributed by atoms with Crippen molar-refractivity contribution in [1.82, 2.24) is 4.90 Å². The number of nitrogens with zero attached hydrogens (tertiary/aromatic N) is 2. The van der Waals surface area contributed by atoms with E-state index in [4.69, 9.17) is 4.74 Å². The number of hydrogen-bond donors (Lipinski definition) is 0. The molecule has 1 heterocycles. The van der Waals surface area contributed by atoms with Crippen LogP contribution < -0.4 is 0 Å². The van der Waals surface area contributed by atoms with E-state index in [1.165, 1.54) is 18.2 Å². The zero-order valence-corrected chi connectivity index (χ0v) is 16.0. The van der Waals surface area contributed by atoms with Gasteiger partial charge in [-0.25, -0.2) is 13.2 Å². The van der Waals surface area contributed by atoms with Crippen LogP contribution in [-0.2, 0) is 21.1 Å². The van der Waals surface area contributed by atoms with Crippen molar-refractivity contribution in [3.63, 3.8) is 0 Å². The number of nitro groups is 1. The molecule has 0 amide bonds. The molecular formula is C19H20N2O6S. The summed E-state index contributed by atoms with van der Waals surface area (Å²) in [6.45, 7) is 0.506. The fourth-order valence-electron chi connectivity index (χ4n) is 3.26. The molecule has 148 valence electrons. The van der Waals surface area contributed by atoms with Gasteiger partial charge >= 0.3 is 5.97 Å². The van der Waals surface area contributed by atoms with Crippen LogP contribution in [0.3, 0.4) is 0 Å². The number of nitro benzene ring substituents is 1. The van der Waals surface area contributed by atoms with Crippen LogP contribution in [0.15, 0.2) is 54.6 Å². The smallest absolute Gasteiger partial charge is 0.338 e. The van der Waals surface area contributed by atoms with Gasteiger partial charge in [-0.15, -0.1) is 0 Å². The number of likely N-dealkylation sites (N-methyl/N-ethyl adjacent to an activating group) is 1. The maximum Gasteiger partial charge on any atom is 0.338 e. The molecule has 0 radical (unpaired) electrons. The third kappa shape index (κ3) is 4.73. The third-order valence-corrected chi connectivity index (χ3v) is 6.35. The van der Waals surface area contributed by atoms with Gasteiger partial charge in [0.25, 0.3) is 5.69 Å². The van der Waals surface area contributed by atoms with Gasteiger partial charge in [0.2, 0.25) is 0 Å².